The lowest BCUT2D eigenvalue weighted by Gasteiger charge is -2.01. The van der Waals surface area contributed by atoms with Crippen LogP contribution in [0.25, 0.3) is 5.69 Å². The Hall–Kier alpha value is -2.01. The molecule has 2 aromatic rings. The Kier molecular flexibility index (Phi) is 4.06. The zero-order chi connectivity index (χ0) is 13.8. The van der Waals surface area contributed by atoms with Crippen LogP contribution in [-0.2, 0) is 0 Å². The quantitative estimate of drug-likeness (QED) is 0.903. The van der Waals surface area contributed by atoms with E-state index in [1.807, 2.05) is 6.92 Å². The van der Waals surface area contributed by atoms with E-state index in [9.17, 15) is 9.90 Å². The molecule has 5 nitrogen and oxygen atoms in total. The van der Waals surface area contributed by atoms with Gasteiger partial charge >= 0.3 is 0 Å². The third-order valence-corrected chi connectivity index (χ3v) is 2.79. The number of benzene rings is 1. The highest BCUT2D eigenvalue weighted by Crippen LogP contribution is 2.19. The van der Waals surface area contributed by atoms with E-state index in [1.54, 1.807) is 24.3 Å². The lowest BCUT2D eigenvalue weighted by Crippen LogP contribution is -2.24. The lowest BCUT2D eigenvalue weighted by atomic mass is 10.3. The van der Waals surface area contributed by atoms with Gasteiger partial charge in [-0.05, 0) is 30.7 Å². The van der Waals surface area contributed by atoms with Crippen molar-refractivity contribution in [1.29, 1.82) is 0 Å². The van der Waals surface area contributed by atoms with Crippen molar-refractivity contribution < 1.29 is 9.90 Å². The van der Waals surface area contributed by atoms with Gasteiger partial charge in [0.25, 0.3) is 5.91 Å². The molecule has 19 heavy (non-hydrogen) atoms. The first-order valence-corrected chi connectivity index (χ1v) is 6.32. The molecule has 1 aromatic carbocycles. The number of aromatic nitrogens is 2. The van der Waals surface area contributed by atoms with Crippen LogP contribution in [0.1, 0.15) is 23.8 Å². The van der Waals surface area contributed by atoms with Gasteiger partial charge < -0.3 is 10.4 Å². The molecule has 1 aromatic heterocycles. The van der Waals surface area contributed by atoms with E-state index >= 15 is 0 Å². The van der Waals surface area contributed by atoms with Crippen molar-refractivity contribution in [2.24, 2.45) is 0 Å². The maximum atomic E-state index is 11.8. The molecule has 0 aliphatic heterocycles. The van der Waals surface area contributed by atoms with Gasteiger partial charge in [0.15, 0.2) is 11.4 Å². The predicted octanol–water partition coefficient (Wildman–Crippen LogP) is 2.37. The van der Waals surface area contributed by atoms with Crippen molar-refractivity contribution in [3.8, 4) is 11.4 Å². The van der Waals surface area contributed by atoms with Gasteiger partial charge in [-0.3, -0.25) is 4.79 Å². The van der Waals surface area contributed by atoms with E-state index in [2.05, 4.69) is 10.4 Å². The number of nitrogens with zero attached hydrogens (tertiary/aromatic N) is 2. The molecule has 0 unspecified atom stereocenters. The van der Waals surface area contributed by atoms with E-state index in [1.165, 1.54) is 10.9 Å². The summed E-state index contributed by atoms with van der Waals surface area (Å²) in [5.74, 6) is -0.532. The van der Waals surface area contributed by atoms with Gasteiger partial charge in [-0.2, -0.15) is 5.10 Å². The summed E-state index contributed by atoms with van der Waals surface area (Å²) in [5, 5.41) is 17.1. The van der Waals surface area contributed by atoms with Crippen molar-refractivity contribution in [2.75, 3.05) is 6.54 Å². The van der Waals surface area contributed by atoms with E-state index in [0.717, 1.165) is 6.42 Å². The summed E-state index contributed by atoms with van der Waals surface area (Å²) in [5.41, 5.74) is 0.734. The molecule has 0 bridgehead atoms. The average Bonchev–Trinajstić information content (AvgIpc) is 2.79. The van der Waals surface area contributed by atoms with Gasteiger partial charge in [-0.15, -0.1) is 0 Å². The summed E-state index contributed by atoms with van der Waals surface area (Å²) in [6.07, 6.45) is 2.22. The molecule has 6 heteroatoms. The Morgan fingerprint density at radius 2 is 2.11 bits per heavy atom. The summed E-state index contributed by atoms with van der Waals surface area (Å²) >= 11 is 5.80. The highest BCUT2D eigenvalue weighted by atomic mass is 35.5. The number of halogens is 1. The minimum atomic E-state index is -0.382. The standard InChI is InChI=1S/C13H14ClN3O2/c1-2-7-15-13(19)12-11(18)8-17(16-12)10-5-3-9(14)4-6-10/h3-6,8,18H,2,7H2,1H3,(H,15,19). The van der Waals surface area contributed by atoms with E-state index in [4.69, 9.17) is 11.6 Å². The van der Waals surface area contributed by atoms with Gasteiger partial charge in [0.2, 0.25) is 0 Å². The fourth-order valence-corrected chi connectivity index (χ4v) is 1.70. The van der Waals surface area contributed by atoms with Crippen LogP contribution in [0, 0.1) is 0 Å². The van der Waals surface area contributed by atoms with Crippen molar-refractivity contribution >= 4 is 17.5 Å². The number of nitrogens with one attached hydrogen (secondary N) is 1. The summed E-state index contributed by atoms with van der Waals surface area (Å²) < 4.78 is 1.44. The highest BCUT2D eigenvalue weighted by Gasteiger charge is 2.16. The van der Waals surface area contributed by atoms with Crippen LogP contribution in [0.4, 0.5) is 0 Å². The summed E-state index contributed by atoms with van der Waals surface area (Å²) in [4.78, 5) is 11.8. The van der Waals surface area contributed by atoms with Crippen LogP contribution in [0.3, 0.4) is 0 Å². The Bertz CT molecular complexity index is 578. The van der Waals surface area contributed by atoms with Gasteiger partial charge in [0.05, 0.1) is 11.9 Å². The van der Waals surface area contributed by atoms with Crippen molar-refractivity contribution in [1.82, 2.24) is 15.1 Å². The van der Waals surface area contributed by atoms with Crippen LogP contribution in [-0.4, -0.2) is 27.3 Å². The molecule has 1 heterocycles. The first-order valence-electron chi connectivity index (χ1n) is 5.94. The average molecular weight is 280 g/mol. The molecule has 0 atom stereocenters. The third kappa shape index (κ3) is 3.06. The second kappa shape index (κ2) is 5.75. The molecule has 0 saturated carbocycles. The number of aromatic hydroxyl groups is 1. The number of carbonyl (C=O) groups is 1. The van der Waals surface area contributed by atoms with Gasteiger partial charge in [-0.25, -0.2) is 4.68 Å². The topological polar surface area (TPSA) is 67.2 Å². The maximum absolute atomic E-state index is 11.8. The monoisotopic (exact) mass is 279 g/mol. The van der Waals surface area contributed by atoms with Crippen LogP contribution in [0.5, 0.6) is 5.75 Å². The van der Waals surface area contributed by atoms with Crippen molar-refractivity contribution in [2.45, 2.75) is 13.3 Å². The first kappa shape index (κ1) is 13.4. The molecule has 0 saturated heterocycles. The minimum absolute atomic E-state index is 0.0170. The molecule has 2 N–H and O–H groups in total. The van der Waals surface area contributed by atoms with Crippen molar-refractivity contribution in [3.05, 3.63) is 41.2 Å². The summed E-state index contributed by atoms with van der Waals surface area (Å²) in [6, 6.07) is 6.93. The maximum Gasteiger partial charge on any atom is 0.275 e. The predicted molar refractivity (Wildman–Crippen MR) is 72.9 cm³/mol. The second-order valence-corrected chi connectivity index (χ2v) is 4.48. The Morgan fingerprint density at radius 1 is 1.42 bits per heavy atom. The van der Waals surface area contributed by atoms with Gasteiger partial charge in [0, 0.05) is 11.6 Å². The SMILES string of the molecule is CCCNC(=O)c1nn(-c2ccc(Cl)cc2)cc1O. The van der Waals surface area contributed by atoms with E-state index < -0.39 is 0 Å². The molecular formula is C13H14ClN3O2. The zero-order valence-electron chi connectivity index (χ0n) is 10.4. The molecule has 0 fully saturated rings. The zero-order valence-corrected chi connectivity index (χ0v) is 11.2. The fraction of sp³-hybridized carbons (Fsp3) is 0.231. The summed E-state index contributed by atoms with van der Waals surface area (Å²) in [6.45, 7) is 2.50. The number of amides is 1. The van der Waals surface area contributed by atoms with Crippen LogP contribution in [0.15, 0.2) is 30.5 Å². The van der Waals surface area contributed by atoms with Gasteiger partial charge in [0.1, 0.15) is 0 Å². The van der Waals surface area contributed by atoms with E-state index in [-0.39, 0.29) is 17.4 Å². The molecule has 1 amide bonds. The second-order valence-electron chi connectivity index (χ2n) is 4.04. The third-order valence-electron chi connectivity index (χ3n) is 2.54. The number of rotatable bonds is 4. The minimum Gasteiger partial charge on any atom is -0.504 e. The molecule has 2 rings (SSSR count). The van der Waals surface area contributed by atoms with E-state index in [0.29, 0.717) is 17.3 Å². The molecule has 0 radical (unpaired) electrons. The summed E-state index contributed by atoms with van der Waals surface area (Å²) in [7, 11) is 0. The van der Waals surface area contributed by atoms with Crippen LogP contribution >= 0.6 is 11.6 Å². The van der Waals surface area contributed by atoms with Crippen LogP contribution in [0.2, 0.25) is 5.02 Å². The molecule has 0 aliphatic carbocycles. The van der Waals surface area contributed by atoms with Crippen molar-refractivity contribution in [3.63, 3.8) is 0 Å². The van der Waals surface area contributed by atoms with Gasteiger partial charge in [-0.1, -0.05) is 18.5 Å². The normalized spacial score (nSPS) is 10.4. The Labute approximate surface area is 115 Å². The van der Waals surface area contributed by atoms with Crippen LogP contribution < -0.4 is 5.32 Å². The molecule has 0 spiro atoms. The first-order chi connectivity index (χ1) is 9.11. The Morgan fingerprint density at radius 3 is 2.74 bits per heavy atom. The fourth-order valence-electron chi connectivity index (χ4n) is 1.57. The highest BCUT2D eigenvalue weighted by molar-refractivity contribution is 6.30. The molecule has 0 aliphatic rings. The largest absolute Gasteiger partial charge is 0.504 e. The number of carbonyl (C=O) groups excluding carboxylic acids is 1. The molecular weight excluding hydrogens is 266 g/mol. The smallest absolute Gasteiger partial charge is 0.275 e. The number of hydrogen-bond donors (Lipinski definition) is 2. The molecule has 100 valence electrons. The number of hydrogen-bond acceptors (Lipinski definition) is 3. The lowest BCUT2D eigenvalue weighted by molar-refractivity contribution is 0.0945. The Balaban J connectivity index is 2.25.